The fourth-order valence-corrected chi connectivity index (χ4v) is 1.22. The summed E-state index contributed by atoms with van der Waals surface area (Å²) >= 11 is 0. The van der Waals surface area contributed by atoms with E-state index in [4.69, 9.17) is 9.47 Å². The summed E-state index contributed by atoms with van der Waals surface area (Å²) in [7, 11) is 1.46. The lowest BCUT2D eigenvalue weighted by Gasteiger charge is -2.09. The third kappa shape index (κ3) is 4.10. The number of carbonyl (C=O) groups is 1. The topological polar surface area (TPSA) is 78.7 Å². The third-order valence-electron chi connectivity index (χ3n) is 2.04. The van der Waals surface area contributed by atoms with E-state index in [-0.39, 0.29) is 12.2 Å². The molecule has 0 aliphatic rings. The highest BCUT2D eigenvalue weighted by atomic mass is 16.6. The zero-order valence-electron chi connectivity index (χ0n) is 9.63. The number of esters is 1. The van der Waals surface area contributed by atoms with Crippen LogP contribution in [0.25, 0.3) is 0 Å². The van der Waals surface area contributed by atoms with Gasteiger partial charge < -0.3 is 9.47 Å². The molecule has 0 bridgehead atoms. The Hall–Kier alpha value is -2.11. The molecule has 0 saturated heterocycles. The molecule has 0 fully saturated rings. The highest BCUT2D eigenvalue weighted by molar-refractivity contribution is 5.73. The number of ether oxygens (including phenoxy) is 2. The molecule has 0 atom stereocenters. The monoisotopic (exact) mass is 239 g/mol. The van der Waals surface area contributed by atoms with E-state index in [0.717, 1.165) is 5.56 Å². The van der Waals surface area contributed by atoms with Crippen LogP contribution in [0, 0.1) is 17.0 Å². The molecule has 1 aromatic carbocycles. The van der Waals surface area contributed by atoms with Gasteiger partial charge in [-0.05, 0) is 24.6 Å². The largest absolute Gasteiger partial charge is 0.493 e. The maximum atomic E-state index is 11.3. The number of benzene rings is 1. The van der Waals surface area contributed by atoms with Crippen LogP contribution < -0.4 is 9.47 Å². The van der Waals surface area contributed by atoms with Gasteiger partial charge in [0.05, 0.1) is 7.11 Å². The Bertz CT molecular complexity index is 430. The van der Waals surface area contributed by atoms with Gasteiger partial charge in [-0.1, -0.05) is 6.07 Å². The van der Waals surface area contributed by atoms with Crippen molar-refractivity contribution in [1.82, 2.24) is 0 Å². The van der Waals surface area contributed by atoms with Gasteiger partial charge in [0.1, 0.15) is 6.42 Å². The molecule has 1 aromatic rings. The molecule has 92 valence electrons. The van der Waals surface area contributed by atoms with E-state index in [1.54, 1.807) is 12.1 Å². The lowest BCUT2D eigenvalue weighted by atomic mass is 10.2. The van der Waals surface area contributed by atoms with Crippen molar-refractivity contribution in [2.45, 2.75) is 13.3 Å². The Kier molecular flexibility index (Phi) is 4.45. The van der Waals surface area contributed by atoms with Gasteiger partial charge in [-0.2, -0.15) is 0 Å². The molecule has 0 aromatic heterocycles. The van der Waals surface area contributed by atoms with Crippen LogP contribution in [0.1, 0.15) is 12.0 Å². The number of hydrogen-bond donors (Lipinski definition) is 0. The number of nitro groups is 1. The first-order valence-corrected chi connectivity index (χ1v) is 5.00. The average Bonchev–Trinajstić information content (AvgIpc) is 2.27. The minimum Gasteiger partial charge on any atom is -0.493 e. The van der Waals surface area contributed by atoms with Crippen LogP contribution in [0.5, 0.6) is 11.5 Å². The second kappa shape index (κ2) is 5.83. The highest BCUT2D eigenvalue weighted by Gasteiger charge is 2.12. The zero-order valence-corrected chi connectivity index (χ0v) is 9.63. The lowest BCUT2D eigenvalue weighted by molar-refractivity contribution is -0.478. The van der Waals surface area contributed by atoms with Crippen LogP contribution in [-0.2, 0) is 4.79 Å². The Morgan fingerprint density at radius 2 is 2.12 bits per heavy atom. The van der Waals surface area contributed by atoms with Gasteiger partial charge in [0.2, 0.25) is 6.54 Å². The SMILES string of the molecule is COc1ccc(C)cc1OC(=O)CC[N+](=O)[O-]. The minimum absolute atomic E-state index is 0.260. The molecule has 6 heteroatoms. The standard InChI is InChI=1S/C11H13NO5/c1-8-3-4-9(16-2)10(7-8)17-11(13)5-6-12(14)15/h3-4,7H,5-6H2,1-2H3. The molecule has 0 unspecified atom stereocenters. The first kappa shape index (κ1) is 13.0. The maximum absolute atomic E-state index is 11.3. The molecule has 0 amide bonds. The van der Waals surface area contributed by atoms with Crippen molar-refractivity contribution in [1.29, 1.82) is 0 Å². The van der Waals surface area contributed by atoms with E-state index in [2.05, 4.69) is 0 Å². The summed E-state index contributed by atoms with van der Waals surface area (Å²) in [6.07, 6.45) is -0.260. The van der Waals surface area contributed by atoms with Gasteiger partial charge in [-0.15, -0.1) is 0 Å². The molecule has 0 heterocycles. The number of methoxy groups -OCH3 is 1. The van der Waals surface area contributed by atoms with Crippen molar-refractivity contribution < 1.29 is 19.2 Å². The fourth-order valence-electron chi connectivity index (χ4n) is 1.22. The Morgan fingerprint density at radius 3 is 2.71 bits per heavy atom. The molecule has 17 heavy (non-hydrogen) atoms. The average molecular weight is 239 g/mol. The number of hydrogen-bond acceptors (Lipinski definition) is 5. The summed E-state index contributed by atoms with van der Waals surface area (Å²) < 4.78 is 10.0. The van der Waals surface area contributed by atoms with Crippen molar-refractivity contribution in [3.05, 3.63) is 33.9 Å². The first-order chi connectivity index (χ1) is 8.02. The molecule has 0 spiro atoms. The van der Waals surface area contributed by atoms with Gasteiger partial charge in [-0.3, -0.25) is 14.9 Å². The lowest BCUT2D eigenvalue weighted by Crippen LogP contribution is -2.14. The Balaban J connectivity index is 2.69. The van der Waals surface area contributed by atoms with Crippen molar-refractivity contribution in [3.63, 3.8) is 0 Å². The second-order valence-corrected chi connectivity index (χ2v) is 3.43. The predicted octanol–water partition coefficient (Wildman–Crippen LogP) is 1.58. The maximum Gasteiger partial charge on any atom is 0.317 e. The van der Waals surface area contributed by atoms with Crippen LogP contribution in [0.15, 0.2) is 18.2 Å². The van der Waals surface area contributed by atoms with Crippen molar-refractivity contribution >= 4 is 5.97 Å². The first-order valence-electron chi connectivity index (χ1n) is 5.00. The van der Waals surface area contributed by atoms with Crippen LogP contribution >= 0.6 is 0 Å². The third-order valence-corrected chi connectivity index (χ3v) is 2.04. The minimum atomic E-state index is -0.648. The number of aryl methyl sites for hydroxylation is 1. The van der Waals surface area contributed by atoms with E-state index < -0.39 is 17.4 Å². The van der Waals surface area contributed by atoms with E-state index in [0.29, 0.717) is 5.75 Å². The molecule has 0 aliphatic carbocycles. The molecule has 0 N–H and O–H groups in total. The van der Waals surface area contributed by atoms with Crippen molar-refractivity contribution in [2.24, 2.45) is 0 Å². The second-order valence-electron chi connectivity index (χ2n) is 3.43. The van der Waals surface area contributed by atoms with E-state index in [1.165, 1.54) is 7.11 Å². The van der Waals surface area contributed by atoms with Crippen molar-refractivity contribution in [2.75, 3.05) is 13.7 Å². The quantitative estimate of drug-likeness (QED) is 0.337. The summed E-state index contributed by atoms with van der Waals surface area (Å²) in [4.78, 5) is 20.9. The molecule has 0 radical (unpaired) electrons. The number of carbonyl (C=O) groups excluding carboxylic acids is 1. The van der Waals surface area contributed by atoms with Gasteiger partial charge in [0.15, 0.2) is 11.5 Å². The zero-order chi connectivity index (χ0) is 12.8. The number of rotatable bonds is 5. The van der Waals surface area contributed by atoms with Crippen LogP contribution in [0.4, 0.5) is 0 Å². The molecule has 6 nitrogen and oxygen atoms in total. The van der Waals surface area contributed by atoms with Crippen LogP contribution in [0.3, 0.4) is 0 Å². The Morgan fingerprint density at radius 1 is 1.41 bits per heavy atom. The van der Waals surface area contributed by atoms with Crippen LogP contribution in [0.2, 0.25) is 0 Å². The summed E-state index contributed by atoms with van der Waals surface area (Å²) in [5.74, 6) is 0.0523. The van der Waals surface area contributed by atoms with E-state index >= 15 is 0 Å². The number of nitrogens with zero attached hydrogens (tertiary/aromatic N) is 1. The molecule has 0 aliphatic heterocycles. The van der Waals surface area contributed by atoms with Crippen LogP contribution in [-0.4, -0.2) is 24.5 Å². The Labute approximate surface area is 98.3 Å². The van der Waals surface area contributed by atoms with Gasteiger partial charge in [0, 0.05) is 4.92 Å². The van der Waals surface area contributed by atoms with Gasteiger partial charge in [-0.25, -0.2) is 0 Å². The van der Waals surface area contributed by atoms with Gasteiger partial charge >= 0.3 is 5.97 Å². The highest BCUT2D eigenvalue weighted by Crippen LogP contribution is 2.27. The predicted molar refractivity (Wildman–Crippen MR) is 59.8 cm³/mol. The summed E-state index contributed by atoms with van der Waals surface area (Å²) in [6, 6.07) is 5.13. The fraction of sp³-hybridized carbons (Fsp3) is 0.364. The molecule has 0 saturated carbocycles. The summed E-state index contributed by atoms with van der Waals surface area (Å²) in [6.45, 7) is 1.40. The smallest absolute Gasteiger partial charge is 0.317 e. The van der Waals surface area contributed by atoms with E-state index in [9.17, 15) is 14.9 Å². The van der Waals surface area contributed by atoms with E-state index in [1.807, 2.05) is 13.0 Å². The summed E-state index contributed by atoms with van der Waals surface area (Å²) in [5.41, 5.74) is 0.905. The molecular weight excluding hydrogens is 226 g/mol. The summed E-state index contributed by atoms with van der Waals surface area (Å²) in [5, 5.41) is 10.1. The van der Waals surface area contributed by atoms with Crippen molar-refractivity contribution in [3.8, 4) is 11.5 Å². The molecule has 1 rings (SSSR count). The molecular formula is C11H13NO5. The van der Waals surface area contributed by atoms with Gasteiger partial charge in [0.25, 0.3) is 0 Å². The normalized spacial score (nSPS) is 9.76.